The van der Waals surface area contributed by atoms with Crippen molar-refractivity contribution in [1.29, 1.82) is 5.26 Å². The van der Waals surface area contributed by atoms with E-state index in [1.165, 1.54) is 0 Å². The first-order valence-corrected chi connectivity index (χ1v) is 4.04. The van der Waals surface area contributed by atoms with Crippen molar-refractivity contribution in [2.75, 3.05) is 6.56 Å². The standard InChI is InChI=1S/C10H10N2O/c11-7-8-1-3-9(4-2-8)10-5-6-13-12-10/h1-4,10,12H,5-6H2/t10-/m0/s1/i6D2. The normalized spacial score (nSPS) is 27.5. The Hall–Kier alpha value is -1.37. The Balaban J connectivity index is 2.15. The first-order valence-electron chi connectivity index (χ1n) is 5.04. The van der Waals surface area contributed by atoms with E-state index in [-0.39, 0.29) is 12.5 Å². The molecule has 0 spiro atoms. The Bertz CT molecular complexity index is 397. The van der Waals surface area contributed by atoms with E-state index in [0.717, 1.165) is 5.56 Å². The van der Waals surface area contributed by atoms with E-state index in [2.05, 4.69) is 5.48 Å². The summed E-state index contributed by atoms with van der Waals surface area (Å²) in [5, 5.41) is 8.63. The SMILES string of the molecule is [2H]C1([2H])C[C@@H](c2ccc(C#N)cc2)NO1. The Morgan fingerprint density at radius 2 is 2.31 bits per heavy atom. The molecule has 0 radical (unpaired) electrons. The molecule has 3 heteroatoms. The van der Waals surface area contributed by atoms with Crippen molar-refractivity contribution in [3.05, 3.63) is 35.4 Å². The molecule has 0 saturated carbocycles. The first kappa shape index (κ1) is 6.14. The maximum absolute atomic E-state index is 8.63. The Morgan fingerprint density at radius 1 is 1.54 bits per heavy atom. The van der Waals surface area contributed by atoms with Gasteiger partial charge in [-0.15, -0.1) is 0 Å². The molecule has 1 aromatic rings. The monoisotopic (exact) mass is 176 g/mol. The van der Waals surface area contributed by atoms with Crippen LogP contribution in [0.2, 0.25) is 0 Å². The van der Waals surface area contributed by atoms with E-state index >= 15 is 0 Å². The second kappa shape index (κ2) is 3.56. The van der Waals surface area contributed by atoms with Crippen molar-refractivity contribution in [1.82, 2.24) is 5.48 Å². The van der Waals surface area contributed by atoms with Gasteiger partial charge in [0.05, 0.1) is 27.0 Å². The van der Waals surface area contributed by atoms with Gasteiger partial charge >= 0.3 is 0 Å². The third-order valence-corrected chi connectivity index (χ3v) is 2.00. The summed E-state index contributed by atoms with van der Waals surface area (Å²) in [5.74, 6) is 0. The van der Waals surface area contributed by atoms with Crippen LogP contribution < -0.4 is 5.48 Å². The minimum Gasteiger partial charge on any atom is -0.301 e. The van der Waals surface area contributed by atoms with E-state index in [4.69, 9.17) is 12.8 Å². The molecular formula is C10H10N2O. The lowest BCUT2D eigenvalue weighted by atomic mass is 10.0. The van der Waals surface area contributed by atoms with Crippen LogP contribution in [0.1, 0.15) is 26.3 Å². The molecule has 1 aromatic carbocycles. The van der Waals surface area contributed by atoms with Crippen LogP contribution in [0.4, 0.5) is 0 Å². The van der Waals surface area contributed by atoms with Crippen molar-refractivity contribution in [3.8, 4) is 6.07 Å². The number of hydrogen-bond donors (Lipinski definition) is 1. The fourth-order valence-corrected chi connectivity index (χ4v) is 1.26. The van der Waals surface area contributed by atoms with Crippen LogP contribution in [-0.2, 0) is 4.84 Å². The molecule has 66 valence electrons. The molecule has 1 fully saturated rings. The summed E-state index contributed by atoms with van der Waals surface area (Å²) in [6, 6.07) is 8.93. The second-order valence-corrected chi connectivity index (χ2v) is 2.85. The average molecular weight is 176 g/mol. The molecule has 3 nitrogen and oxygen atoms in total. The molecule has 1 heterocycles. The van der Waals surface area contributed by atoms with Gasteiger partial charge in [0.2, 0.25) is 0 Å². The quantitative estimate of drug-likeness (QED) is 0.705. The summed E-state index contributed by atoms with van der Waals surface area (Å²) in [5.41, 5.74) is 4.17. The Labute approximate surface area is 79.7 Å². The van der Waals surface area contributed by atoms with Gasteiger partial charge in [-0.05, 0) is 24.1 Å². The van der Waals surface area contributed by atoms with Crippen molar-refractivity contribution in [2.24, 2.45) is 0 Å². The van der Waals surface area contributed by atoms with Crippen LogP contribution in [0, 0.1) is 11.3 Å². The van der Waals surface area contributed by atoms with Crippen LogP contribution in [0.25, 0.3) is 0 Å². The predicted molar refractivity (Wildman–Crippen MR) is 47.6 cm³/mol. The van der Waals surface area contributed by atoms with Crippen molar-refractivity contribution < 1.29 is 7.58 Å². The molecule has 1 saturated heterocycles. The minimum atomic E-state index is -1.61. The Morgan fingerprint density at radius 3 is 2.85 bits per heavy atom. The second-order valence-electron chi connectivity index (χ2n) is 2.85. The summed E-state index contributed by atoms with van der Waals surface area (Å²) in [6.45, 7) is -1.61. The van der Waals surface area contributed by atoms with E-state index in [1.54, 1.807) is 24.3 Å². The summed E-state index contributed by atoms with van der Waals surface area (Å²) >= 11 is 0. The highest BCUT2D eigenvalue weighted by atomic mass is 16.7. The number of nitriles is 1. The van der Waals surface area contributed by atoms with Crippen molar-refractivity contribution in [2.45, 2.75) is 12.5 Å². The first-order chi connectivity index (χ1) is 7.11. The number of benzene rings is 1. The molecule has 0 bridgehead atoms. The molecule has 13 heavy (non-hydrogen) atoms. The number of hydroxylamine groups is 1. The van der Waals surface area contributed by atoms with Gasteiger partial charge in [-0.1, -0.05) is 12.1 Å². The third kappa shape index (κ3) is 1.69. The highest BCUT2D eigenvalue weighted by molar-refractivity contribution is 5.32. The van der Waals surface area contributed by atoms with Gasteiger partial charge in [0.25, 0.3) is 0 Å². The molecule has 2 rings (SSSR count). The van der Waals surface area contributed by atoms with Gasteiger partial charge in [0.15, 0.2) is 0 Å². The number of nitrogens with zero attached hydrogens (tertiary/aromatic N) is 1. The van der Waals surface area contributed by atoms with Gasteiger partial charge in [-0.3, -0.25) is 0 Å². The van der Waals surface area contributed by atoms with Crippen LogP contribution in [0.15, 0.2) is 24.3 Å². The lowest BCUT2D eigenvalue weighted by molar-refractivity contribution is 0.0883. The van der Waals surface area contributed by atoms with Gasteiger partial charge in [0.1, 0.15) is 0 Å². The van der Waals surface area contributed by atoms with Crippen LogP contribution >= 0.6 is 0 Å². The van der Waals surface area contributed by atoms with Crippen LogP contribution in [-0.4, -0.2) is 6.56 Å². The topological polar surface area (TPSA) is 45.0 Å². The fraction of sp³-hybridized carbons (Fsp3) is 0.300. The van der Waals surface area contributed by atoms with Gasteiger partial charge in [-0.2, -0.15) is 10.7 Å². The highest BCUT2D eigenvalue weighted by Gasteiger charge is 2.16. The zero-order valence-electron chi connectivity index (χ0n) is 8.95. The molecule has 1 atom stereocenters. The van der Waals surface area contributed by atoms with Crippen LogP contribution in [0.5, 0.6) is 0 Å². The van der Waals surface area contributed by atoms with Crippen molar-refractivity contribution >= 4 is 0 Å². The van der Waals surface area contributed by atoms with Crippen LogP contribution in [0.3, 0.4) is 0 Å². The predicted octanol–water partition coefficient (Wildman–Crippen LogP) is 1.52. The molecule has 0 unspecified atom stereocenters. The maximum Gasteiger partial charge on any atom is 0.0991 e. The van der Waals surface area contributed by atoms with E-state index < -0.39 is 6.56 Å². The molecule has 0 amide bonds. The molecule has 0 aliphatic carbocycles. The molecule has 0 aromatic heterocycles. The number of hydrogen-bond acceptors (Lipinski definition) is 3. The van der Waals surface area contributed by atoms with E-state index in [9.17, 15) is 0 Å². The molecular weight excluding hydrogens is 164 g/mol. The van der Waals surface area contributed by atoms with Crippen molar-refractivity contribution in [3.63, 3.8) is 0 Å². The zero-order valence-corrected chi connectivity index (χ0v) is 6.95. The highest BCUT2D eigenvalue weighted by Crippen LogP contribution is 2.20. The minimum absolute atomic E-state index is 0.146. The molecule has 1 aliphatic heterocycles. The zero-order chi connectivity index (χ0) is 10.9. The molecule has 1 N–H and O–H groups in total. The lowest BCUT2D eigenvalue weighted by Gasteiger charge is -2.07. The average Bonchev–Trinajstić information content (AvgIpc) is 2.59. The lowest BCUT2D eigenvalue weighted by Crippen LogP contribution is -2.10. The summed E-state index contributed by atoms with van der Waals surface area (Å²) in [6.07, 6.45) is 0.277. The van der Waals surface area contributed by atoms with Gasteiger partial charge in [-0.25, -0.2) is 0 Å². The smallest absolute Gasteiger partial charge is 0.0991 e. The largest absolute Gasteiger partial charge is 0.301 e. The fourth-order valence-electron chi connectivity index (χ4n) is 1.26. The van der Waals surface area contributed by atoms with Gasteiger partial charge < -0.3 is 4.84 Å². The Kier molecular flexibility index (Phi) is 1.68. The summed E-state index contributed by atoms with van der Waals surface area (Å²) < 4.78 is 14.7. The van der Waals surface area contributed by atoms with Gasteiger partial charge in [0, 0.05) is 0 Å². The van der Waals surface area contributed by atoms with E-state index in [0.29, 0.717) is 5.56 Å². The summed E-state index contributed by atoms with van der Waals surface area (Å²) in [4.78, 5) is 4.78. The molecule has 1 aliphatic rings. The summed E-state index contributed by atoms with van der Waals surface area (Å²) in [7, 11) is 0. The van der Waals surface area contributed by atoms with E-state index in [1.807, 2.05) is 6.07 Å². The number of nitrogens with one attached hydrogen (secondary N) is 1. The third-order valence-electron chi connectivity index (χ3n) is 2.00. The maximum atomic E-state index is 8.63. The number of rotatable bonds is 1.